The monoisotopic (exact) mass is 1690 g/mol. The number of hydrogen-bond donors (Lipinski definition) is 22. The van der Waals surface area contributed by atoms with Crippen LogP contribution >= 0.6 is 0 Å². The molecular weight excluding hydrogens is 1560 g/mol. The Labute approximate surface area is 689 Å². The summed E-state index contributed by atoms with van der Waals surface area (Å²) in [5, 5.41) is 78.3. The highest BCUT2D eigenvalue weighted by Crippen LogP contribution is 2.28. The maximum atomic E-state index is 15.4. The van der Waals surface area contributed by atoms with Gasteiger partial charge in [0.15, 0.2) is 18.0 Å². The third-order valence-electron chi connectivity index (χ3n) is 20.6. The number of piperidine rings is 1. The molecule has 0 radical (unpaired) electrons. The van der Waals surface area contributed by atoms with Crippen LogP contribution in [0.2, 0.25) is 0 Å². The number of methoxy groups -OCH3 is 1. The molecule has 44 nitrogen and oxygen atoms in total. The number of carbonyl (C=O) groups is 16. The van der Waals surface area contributed by atoms with Gasteiger partial charge in [-0.2, -0.15) is 0 Å². The highest BCUT2D eigenvalue weighted by molar-refractivity contribution is 6.01. The Kier molecular flexibility index (Phi) is 41.8. The van der Waals surface area contributed by atoms with E-state index in [0.29, 0.717) is 6.42 Å². The third kappa shape index (κ3) is 32.3. The van der Waals surface area contributed by atoms with Gasteiger partial charge in [-0.3, -0.25) is 81.9 Å². The van der Waals surface area contributed by atoms with Crippen LogP contribution in [0, 0.1) is 35.5 Å². The number of likely N-dealkylation sites (N-methyl/N-ethyl adjacent to an activating group) is 1. The number of ether oxygens (including phenoxy) is 2. The van der Waals surface area contributed by atoms with E-state index in [2.05, 4.69) is 57.8 Å². The van der Waals surface area contributed by atoms with Crippen molar-refractivity contribution in [3.05, 3.63) is 29.8 Å². The minimum Gasteiger partial charge on any atom is -0.508 e. The Morgan fingerprint density at radius 2 is 1.19 bits per heavy atom. The Morgan fingerprint density at radius 1 is 0.613 bits per heavy atom. The summed E-state index contributed by atoms with van der Waals surface area (Å²) in [6.07, 6.45) is -15.5. The number of guanidine groups is 2. The highest BCUT2D eigenvalue weighted by atomic mass is 16.5. The first-order valence-corrected chi connectivity index (χ1v) is 39.3. The van der Waals surface area contributed by atoms with Crippen molar-refractivity contribution in [1.82, 2.24) is 57.7 Å². The number of nitrogens with one attached hydrogen (secondary N) is 9. The average Bonchev–Trinajstić information content (AvgIpc) is 0.995. The lowest BCUT2D eigenvalue weighted by Crippen LogP contribution is -2.65. The molecule has 2 saturated heterocycles. The highest BCUT2D eigenvalue weighted by Gasteiger charge is 2.47. The van der Waals surface area contributed by atoms with Gasteiger partial charge in [0.25, 0.3) is 5.91 Å². The van der Waals surface area contributed by atoms with Crippen LogP contribution in [-0.2, 0) is 86.2 Å². The molecule has 21 unspecified atom stereocenters. The molecule has 0 aromatic heterocycles. The Balaban J connectivity index is 2.43. The lowest BCUT2D eigenvalue weighted by molar-refractivity contribution is -0.164. The quantitative estimate of drug-likeness (QED) is 0.0127. The molecule has 2 fully saturated rings. The molecule has 44 heteroatoms. The number of aliphatic hydroxyl groups is 4. The molecule has 0 spiro atoms. The number of esters is 1. The topological polar surface area (TPSA) is 740 Å². The molecule has 15 amide bonds. The number of nitrogens with two attached hydrogens (primary N) is 8. The SMILES string of the molecule is COC(c1ccc(O)cc1)C1NC(=O)C(CCC(N)=O)N(C)C(=O)C(CC(C)C)NC(=O)C(CCCN=C(N)N)NC(=O)C(C(C)O)NC(=O)C(NC(=O)C(NC(=O)C(O)C(O)C(CCCN=C(N)N)NC(=O)C(CC(N)=O)NC(=O)C(C)C(O)C(C)CC(C)C)C(C)C(C)C(N)=O)C(C)OC(=O)C2CCCCN2C(=O)C(CC(N)=O)NC1=O. The van der Waals surface area contributed by atoms with Crippen molar-refractivity contribution in [2.24, 2.45) is 91.4 Å². The maximum absolute atomic E-state index is 15.4. The number of phenols is 1. The van der Waals surface area contributed by atoms with Crippen LogP contribution < -0.4 is 93.7 Å². The van der Waals surface area contributed by atoms with Gasteiger partial charge in [-0.1, -0.05) is 67.5 Å². The van der Waals surface area contributed by atoms with Crippen LogP contribution in [0.4, 0.5) is 0 Å². The second-order valence-electron chi connectivity index (χ2n) is 31.2. The van der Waals surface area contributed by atoms with Gasteiger partial charge in [0.05, 0.1) is 37.0 Å². The number of carbonyl (C=O) groups excluding carboxylic acids is 16. The van der Waals surface area contributed by atoms with E-state index in [1.165, 1.54) is 45.0 Å². The van der Waals surface area contributed by atoms with E-state index >= 15 is 33.6 Å². The van der Waals surface area contributed by atoms with Crippen LogP contribution in [-0.4, -0.2) is 273 Å². The largest absolute Gasteiger partial charge is 0.508 e. The van der Waals surface area contributed by atoms with Crippen LogP contribution in [0.3, 0.4) is 0 Å². The van der Waals surface area contributed by atoms with E-state index in [-0.39, 0.29) is 93.7 Å². The van der Waals surface area contributed by atoms with Crippen LogP contribution in [0.5, 0.6) is 5.75 Å². The molecule has 119 heavy (non-hydrogen) atoms. The van der Waals surface area contributed by atoms with Gasteiger partial charge in [-0.25, -0.2) is 4.79 Å². The molecular formula is C75H125N21O23. The van der Waals surface area contributed by atoms with E-state index in [1.807, 2.05) is 13.8 Å². The number of nitrogens with zero attached hydrogens (tertiary/aromatic N) is 4. The van der Waals surface area contributed by atoms with Crippen molar-refractivity contribution < 1.29 is 112 Å². The molecule has 2 aliphatic rings. The summed E-state index contributed by atoms with van der Waals surface area (Å²) in [7, 11) is 2.25. The number of aliphatic imine (C=N–C) groups is 2. The van der Waals surface area contributed by atoms with Crippen molar-refractivity contribution in [2.75, 3.05) is 33.8 Å². The minimum atomic E-state index is -2.71. The lowest BCUT2D eigenvalue weighted by Gasteiger charge is -2.38. The van der Waals surface area contributed by atoms with Gasteiger partial charge in [0.1, 0.15) is 84.5 Å². The molecule has 0 bridgehead atoms. The fraction of sp³-hybridized carbons (Fsp3) is 0.680. The molecule has 3 rings (SSSR count). The summed E-state index contributed by atoms with van der Waals surface area (Å²) >= 11 is 0. The van der Waals surface area contributed by atoms with E-state index in [4.69, 9.17) is 55.3 Å². The molecule has 21 atom stereocenters. The second-order valence-corrected chi connectivity index (χ2v) is 31.2. The first-order chi connectivity index (χ1) is 55.5. The van der Waals surface area contributed by atoms with Crippen molar-refractivity contribution >= 4 is 106 Å². The number of benzene rings is 1. The number of amides is 15. The van der Waals surface area contributed by atoms with Crippen molar-refractivity contribution in [1.29, 1.82) is 0 Å². The number of aromatic hydroxyl groups is 1. The van der Waals surface area contributed by atoms with Crippen molar-refractivity contribution in [2.45, 2.75) is 256 Å². The fourth-order valence-electron chi connectivity index (χ4n) is 13.7. The molecule has 0 aliphatic carbocycles. The molecule has 30 N–H and O–H groups in total. The number of phenolic OH excluding ortho intramolecular Hbond substituents is 1. The minimum absolute atomic E-state index is 0.0999. The number of fused-ring (bicyclic) bond motifs is 1. The van der Waals surface area contributed by atoms with Crippen molar-refractivity contribution in [3.63, 3.8) is 0 Å². The number of rotatable bonds is 38. The van der Waals surface area contributed by atoms with Gasteiger partial charge in [-0.15, -0.1) is 0 Å². The standard InChI is InChI=1S/C75H125N21O23/c1-33(2)29-35(5)57(102)38(8)62(106)88-45(31-51(77)100)64(108)86-43(17-15-26-84-74(80)81)58(103)59(104)70(114)91-53(36(6)37(7)61(79)105)66(110)93-55-40(10)119-73(117)49-19-13-14-28-96(49)72(116)47(32-52(78)101)90-69(113)56(60(118-12)41-20-22-42(98)23-21-41)94-65(109)48(24-25-50(76)99)95(11)71(115)46(30-34(3)4)89-63(107)44(18-16-27-85-75(82)83)87-67(111)54(39(9)97)92-68(55)112/h20-23,33-40,43-49,53-60,97-98,102-104H,13-19,24-32H2,1-12H3,(H2,76,99)(H2,77,100)(H2,78,101)(H2,79,105)(H,86,108)(H,87,111)(H,88,106)(H,89,107)(H,90,113)(H,91,114)(H,92,112)(H,93,110)(H,94,109)(H4,80,81,84)(H4,82,83,85). The number of cyclic esters (lactones) is 1. The van der Waals surface area contributed by atoms with E-state index < -0.39 is 259 Å². The molecule has 2 heterocycles. The van der Waals surface area contributed by atoms with Gasteiger partial charge < -0.3 is 139 Å². The fourth-order valence-corrected chi connectivity index (χ4v) is 13.7. The van der Waals surface area contributed by atoms with Crippen LogP contribution in [0.1, 0.15) is 164 Å². The summed E-state index contributed by atoms with van der Waals surface area (Å²) in [6.45, 7) is 14.0. The zero-order valence-corrected chi connectivity index (χ0v) is 69.4. The zero-order valence-electron chi connectivity index (χ0n) is 69.4. The maximum Gasteiger partial charge on any atom is 0.329 e. The summed E-state index contributed by atoms with van der Waals surface area (Å²) in [5.41, 5.74) is 45.0. The summed E-state index contributed by atoms with van der Waals surface area (Å²) in [4.78, 5) is 239. The summed E-state index contributed by atoms with van der Waals surface area (Å²) in [5.74, 6) is -25.4. The van der Waals surface area contributed by atoms with Crippen molar-refractivity contribution in [3.8, 4) is 5.75 Å². The van der Waals surface area contributed by atoms with Crippen LogP contribution in [0.25, 0.3) is 0 Å². The molecule has 1 aromatic carbocycles. The normalized spacial score (nSPS) is 23.3. The Morgan fingerprint density at radius 3 is 1.74 bits per heavy atom. The molecule has 2 aliphatic heterocycles. The first kappa shape index (κ1) is 102. The second kappa shape index (κ2) is 48.7. The third-order valence-corrected chi connectivity index (χ3v) is 20.6. The molecule has 0 saturated carbocycles. The average molecular weight is 1690 g/mol. The summed E-state index contributed by atoms with van der Waals surface area (Å²) in [6, 6.07) is -16.1. The number of primary amides is 4. The van der Waals surface area contributed by atoms with E-state index in [0.717, 1.165) is 37.8 Å². The van der Waals surface area contributed by atoms with Gasteiger partial charge in [-0.05, 0) is 119 Å². The zero-order chi connectivity index (χ0) is 90.3. The molecule has 668 valence electrons. The predicted molar refractivity (Wildman–Crippen MR) is 427 cm³/mol. The van der Waals surface area contributed by atoms with E-state index in [9.17, 15) is 68.7 Å². The predicted octanol–water partition coefficient (Wildman–Crippen LogP) is -7.69. The number of hydrogen-bond acceptors (Lipinski definition) is 25. The number of aliphatic hydroxyl groups excluding tert-OH is 4. The molecule has 1 aromatic rings. The lowest BCUT2D eigenvalue weighted by atomic mass is 9.87. The Hall–Kier alpha value is -11.1. The first-order valence-electron chi connectivity index (χ1n) is 39.3. The smallest absolute Gasteiger partial charge is 0.329 e. The van der Waals surface area contributed by atoms with Gasteiger partial charge >= 0.3 is 5.97 Å². The van der Waals surface area contributed by atoms with E-state index in [1.54, 1.807) is 20.8 Å². The Bertz CT molecular complexity index is 3750. The van der Waals surface area contributed by atoms with Gasteiger partial charge in [0.2, 0.25) is 82.7 Å². The van der Waals surface area contributed by atoms with Crippen LogP contribution in [0.15, 0.2) is 34.3 Å². The summed E-state index contributed by atoms with van der Waals surface area (Å²) < 4.78 is 11.8. The van der Waals surface area contributed by atoms with Gasteiger partial charge in [0, 0.05) is 46.1 Å².